The smallest absolute Gasteiger partial charge is 0.115 e. The van der Waals surface area contributed by atoms with Gasteiger partial charge < -0.3 is 11.1 Å². The summed E-state index contributed by atoms with van der Waals surface area (Å²) >= 11 is 0. The van der Waals surface area contributed by atoms with Gasteiger partial charge in [-0.1, -0.05) is 12.8 Å². The molecular formula is C11H18N4. The van der Waals surface area contributed by atoms with Crippen LogP contribution in [0, 0.1) is 5.92 Å². The van der Waals surface area contributed by atoms with Crippen molar-refractivity contribution in [3.8, 4) is 0 Å². The fourth-order valence-electron chi connectivity index (χ4n) is 1.68. The zero-order valence-electron chi connectivity index (χ0n) is 8.89. The van der Waals surface area contributed by atoms with Gasteiger partial charge in [0, 0.05) is 12.7 Å². The Bertz CT molecular complexity index is 284. The summed E-state index contributed by atoms with van der Waals surface area (Å²) in [6.07, 6.45) is 7.40. The first-order chi connectivity index (χ1) is 7.40. The van der Waals surface area contributed by atoms with Gasteiger partial charge in [-0.05, 0) is 24.9 Å². The van der Waals surface area contributed by atoms with E-state index in [4.69, 9.17) is 5.73 Å². The van der Waals surface area contributed by atoms with Crippen LogP contribution < -0.4 is 11.1 Å². The van der Waals surface area contributed by atoms with Crippen LogP contribution in [-0.4, -0.2) is 23.1 Å². The third kappa shape index (κ3) is 3.25. The summed E-state index contributed by atoms with van der Waals surface area (Å²) in [4.78, 5) is 8.11. The van der Waals surface area contributed by atoms with Crippen LogP contribution in [-0.2, 0) is 0 Å². The summed E-state index contributed by atoms with van der Waals surface area (Å²) in [7, 11) is 0. The van der Waals surface area contributed by atoms with E-state index in [1.807, 2.05) is 6.07 Å². The minimum absolute atomic E-state index is 0.173. The first kappa shape index (κ1) is 10.5. The van der Waals surface area contributed by atoms with E-state index in [1.54, 1.807) is 12.5 Å². The van der Waals surface area contributed by atoms with Gasteiger partial charge in [0.2, 0.25) is 0 Å². The van der Waals surface area contributed by atoms with Crippen LogP contribution >= 0.6 is 0 Å². The Morgan fingerprint density at radius 1 is 1.53 bits per heavy atom. The van der Waals surface area contributed by atoms with E-state index in [2.05, 4.69) is 15.3 Å². The van der Waals surface area contributed by atoms with Crippen molar-refractivity contribution in [2.24, 2.45) is 11.7 Å². The van der Waals surface area contributed by atoms with Crippen molar-refractivity contribution >= 4 is 0 Å². The van der Waals surface area contributed by atoms with E-state index in [0.29, 0.717) is 6.54 Å². The molecule has 1 aliphatic carbocycles. The molecule has 1 aromatic heterocycles. The number of hydrogen-bond donors (Lipinski definition) is 2. The summed E-state index contributed by atoms with van der Waals surface area (Å²) in [6.45, 7) is 1.62. The number of nitrogens with two attached hydrogens (primary N) is 1. The Morgan fingerprint density at radius 3 is 3.00 bits per heavy atom. The molecule has 0 amide bonds. The van der Waals surface area contributed by atoms with Crippen LogP contribution in [0.25, 0.3) is 0 Å². The van der Waals surface area contributed by atoms with Crippen molar-refractivity contribution in [3.05, 3.63) is 24.3 Å². The molecule has 0 aliphatic heterocycles. The molecule has 3 N–H and O–H groups in total. The molecule has 4 nitrogen and oxygen atoms in total. The lowest BCUT2D eigenvalue weighted by atomic mass is 10.2. The van der Waals surface area contributed by atoms with Crippen LogP contribution in [0.5, 0.6) is 0 Å². The normalized spacial score (nSPS) is 17.7. The second kappa shape index (κ2) is 5.19. The summed E-state index contributed by atoms with van der Waals surface area (Å²) in [5.74, 6) is 0.960. The second-order valence-corrected chi connectivity index (χ2v) is 4.11. The molecule has 1 fully saturated rings. The Labute approximate surface area is 90.3 Å². The molecule has 1 unspecified atom stereocenters. The van der Waals surface area contributed by atoms with E-state index >= 15 is 0 Å². The first-order valence-corrected chi connectivity index (χ1v) is 5.59. The summed E-state index contributed by atoms with van der Waals surface area (Å²) < 4.78 is 0. The SMILES string of the molecule is NCC(NCCC1CC1)c1ccncn1. The van der Waals surface area contributed by atoms with Crippen molar-refractivity contribution in [1.82, 2.24) is 15.3 Å². The van der Waals surface area contributed by atoms with Crippen LogP contribution in [0.15, 0.2) is 18.6 Å². The maximum absolute atomic E-state index is 5.71. The molecule has 1 atom stereocenters. The Hall–Kier alpha value is -1.00. The van der Waals surface area contributed by atoms with Gasteiger partial charge in [-0.3, -0.25) is 0 Å². The fourth-order valence-corrected chi connectivity index (χ4v) is 1.68. The second-order valence-electron chi connectivity index (χ2n) is 4.11. The van der Waals surface area contributed by atoms with Gasteiger partial charge in [0.05, 0.1) is 11.7 Å². The molecule has 0 spiro atoms. The average Bonchev–Trinajstić information content (AvgIpc) is 3.10. The lowest BCUT2D eigenvalue weighted by Gasteiger charge is -2.15. The van der Waals surface area contributed by atoms with Gasteiger partial charge in [0.15, 0.2) is 0 Å². The highest BCUT2D eigenvalue weighted by Gasteiger charge is 2.21. The molecule has 82 valence electrons. The van der Waals surface area contributed by atoms with Crippen LogP contribution in [0.4, 0.5) is 0 Å². The fraction of sp³-hybridized carbons (Fsp3) is 0.636. The quantitative estimate of drug-likeness (QED) is 0.725. The molecule has 1 aliphatic rings. The molecule has 0 aromatic carbocycles. The van der Waals surface area contributed by atoms with Gasteiger partial charge in [-0.25, -0.2) is 9.97 Å². The number of hydrogen-bond acceptors (Lipinski definition) is 4. The molecule has 0 saturated heterocycles. The lowest BCUT2D eigenvalue weighted by molar-refractivity contribution is 0.506. The molecular weight excluding hydrogens is 188 g/mol. The van der Waals surface area contributed by atoms with Gasteiger partial charge in [0.1, 0.15) is 6.33 Å². The van der Waals surface area contributed by atoms with Crippen LogP contribution in [0.2, 0.25) is 0 Å². The molecule has 0 radical (unpaired) electrons. The third-order valence-electron chi connectivity index (χ3n) is 2.84. The van der Waals surface area contributed by atoms with Crippen LogP contribution in [0.3, 0.4) is 0 Å². The Balaban J connectivity index is 1.80. The predicted molar refractivity (Wildman–Crippen MR) is 59.2 cm³/mol. The van der Waals surface area contributed by atoms with E-state index in [0.717, 1.165) is 18.2 Å². The van der Waals surface area contributed by atoms with Gasteiger partial charge in [0.25, 0.3) is 0 Å². The third-order valence-corrected chi connectivity index (χ3v) is 2.84. The standard InChI is InChI=1S/C11H18N4/c12-7-11(10-4-5-13-8-15-10)14-6-3-9-1-2-9/h4-5,8-9,11,14H,1-3,6-7,12H2. The minimum Gasteiger partial charge on any atom is -0.329 e. The largest absolute Gasteiger partial charge is 0.329 e. The zero-order valence-corrected chi connectivity index (χ0v) is 8.89. The van der Waals surface area contributed by atoms with E-state index in [9.17, 15) is 0 Å². The summed E-state index contributed by atoms with van der Waals surface area (Å²) in [6, 6.07) is 2.09. The number of nitrogens with one attached hydrogen (secondary N) is 1. The van der Waals surface area contributed by atoms with E-state index < -0.39 is 0 Å². The summed E-state index contributed by atoms with van der Waals surface area (Å²) in [5, 5.41) is 3.44. The number of aromatic nitrogens is 2. The molecule has 1 heterocycles. The van der Waals surface area contributed by atoms with E-state index in [-0.39, 0.29) is 6.04 Å². The molecule has 4 heteroatoms. The monoisotopic (exact) mass is 206 g/mol. The molecule has 1 saturated carbocycles. The predicted octanol–water partition coefficient (Wildman–Crippen LogP) is 0.866. The Morgan fingerprint density at radius 2 is 2.40 bits per heavy atom. The lowest BCUT2D eigenvalue weighted by Crippen LogP contribution is -2.29. The van der Waals surface area contributed by atoms with Gasteiger partial charge in [-0.15, -0.1) is 0 Å². The van der Waals surface area contributed by atoms with Crippen molar-refractivity contribution in [3.63, 3.8) is 0 Å². The van der Waals surface area contributed by atoms with Crippen molar-refractivity contribution < 1.29 is 0 Å². The minimum atomic E-state index is 0.173. The van der Waals surface area contributed by atoms with Crippen molar-refractivity contribution in [2.75, 3.05) is 13.1 Å². The molecule has 2 rings (SSSR count). The van der Waals surface area contributed by atoms with Crippen molar-refractivity contribution in [1.29, 1.82) is 0 Å². The molecule has 0 bridgehead atoms. The van der Waals surface area contributed by atoms with Gasteiger partial charge in [-0.2, -0.15) is 0 Å². The maximum Gasteiger partial charge on any atom is 0.115 e. The van der Waals surface area contributed by atoms with Crippen LogP contribution in [0.1, 0.15) is 31.0 Å². The zero-order chi connectivity index (χ0) is 10.5. The highest BCUT2D eigenvalue weighted by atomic mass is 15.0. The summed E-state index contributed by atoms with van der Waals surface area (Å²) in [5.41, 5.74) is 6.70. The molecule has 1 aromatic rings. The molecule has 15 heavy (non-hydrogen) atoms. The first-order valence-electron chi connectivity index (χ1n) is 5.59. The Kier molecular flexibility index (Phi) is 3.64. The van der Waals surface area contributed by atoms with Gasteiger partial charge >= 0.3 is 0 Å². The number of nitrogens with zero attached hydrogens (tertiary/aromatic N) is 2. The average molecular weight is 206 g/mol. The maximum atomic E-state index is 5.71. The number of rotatable bonds is 6. The topological polar surface area (TPSA) is 63.8 Å². The highest BCUT2D eigenvalue weighted by molar-refractivity contribution is 5.05. The highest BCUT2D eigenvalue weighted by Crippen LogP contribution is 2.31. The van der Waals surface area contributed by atoms with E-state index in [1.165, 1.54) is 19.3 Å². The van der Waals surface area contributed by atoms with Crippen molar-refractivity contribution in [2.45, 2.75) is 25.3 Å².